The molecule has 28 heavy (non-hydrogen) atoms. The maximum atomic E-state index is 12.2. The molecule has 0 bridgehead atoms. The van der Waals surface area contributed by atoms with Crippen molar-refractivity contribution < 1.29 is 13.5 Å². The van der Waals surface area contributed by atoms with Gasteiger partial charge in [0.2, 0.25) is 0 Å². The van der Waals surface area contributed by atoms with Crippen LogP contribution in [0.4, 0.5) is 8.78 Å². The number of hydrogen-bond donors (Lipinski definition) is 1. The minimum Gasteiger partial charge on any atom is -0.435 e. The van der Waals surface area contributed by atoms with Gasteiger partial charge in [-0.3, -0.25) is 4.99 Å². The highest BCUT2D eigenvalue weighted by molar-refractivity contribution is 14.0. The van der Waals surface area contributed by atoms with Crippen LogP contribution >= 0.6 is 35.3 Å². The minimum atomic E-state index is -2.81. The van der Waals surface area contributed by atoms with Crippen LogP contribution in [0.15, 0.2) is 29.3 Å². The van der Waals surface area contributed by atoms with Crippen molar-refractivity contribution in [1.82, 2.24) is 15.2 Å². The lowest BCUT2D eigenvalue weighted by molar-refractivity contribution is -0.0498. The van der Waals surface area contributed by atoms with Crippen LogP contribution in [0.5, 0.6) is 5.75 Å². The molecule has 1 heterocycles. The van der Waals surface area contributed by atoms with Crippen LogP contribution in [0.1, 0.15) is 28.1 Å². The van der Waals surface area contributed by atoms with Gasteiger partial charge in [0.05, 0.1) is 10.7 Å². The van der Waals surface area contributed by atoms with Crippen LogP contribution in [0.25, 0.3) is 0 Å². The molecule has 0 amide bonds. The molecule has 1 N–H and O–H groups in total. The Kier molecular flexibility index (Phi) is 10.7. The van der Waals surface area contributed by atoms with Gasteiger partial charge in [-0.15, -0.1) is 35.3 Å². The summed E-state index contributed by atoms with van der Waals surface area (Å²) in [5.41, 5.74) is 2.07. The highest BCUT2D eigenvalue weighted by atomic mass is 127. The molecule has 0 unspecified atom stereocenters. The summed E-state index contributed by atoms with van der Waals surface area (Å²) in [6.45, 7) is 5.31. The van der Waals surface area contributed by atoms with E-state index < -0.39 is 6.61 Å². The van der Waals surface area contributed by atoms with E-state index >= 15 is 0 Å². The third-order valence-corrected chi connectivity index (χ3v) is 5.00. The van der Waals surface area contributed by atoms with Crippen molar-refractivity contribution in [3.05, 3.63) is 45.4 Å². The first-order chi connectivity index (χ1) is 12.9. The van der Waals surface area contributed by atoms with E-state index in [2.05, 4.69) is 15.0 Å². The van der Waals surface area contributed by atoms with Gasteiger partial charge in [0.1, 0.15) is 5.75 Å². The largest absolute Gasteiger partial charge is 0.435 e. The van der Waals surface area contributed by atoms with E-state index in [9.17, 15) is 8.78 Å². The Morgan fingerprint density at radius 1 is 1.29 bits per heavy atom. The SMILES string of the molecule is CCNC(=NCCc1sc(C)nc1C)N(C)Cc1ccc(OC(F)F)cc1.I. The van der Waals surface area contributed by atoms with Crippen LogP contribution in [0.3, 0.4) is 0 Å². The average molecular weight is 524 g/mol. The van der Waals surface area contributed by atoms with E-state index in [-0.39, 0.29) is 29.7 Å². The van der Waals surface area contributed by atoms with Crippen LogP contribution < -0.4 is 10.1 Å². The molecular weight excluding hydrogens is 497 g/mol. The first-order valence-electron chi connectivity index (χ1n) is 8.85. The maximum Gasteiger partial charge on any atom is 0.387 e. The van der Waals surface area contributed by atoms with Crippen LogP contribution in [-0.4, -0.2) is 42.6 Å². The summed E-state index contributed by atoms with van der Waals surface area (Å²) in [5, 5.41) is 4.36. The van der Waals surface area contributed by atoms with Crippen molar-refractivity contribution in [3.8, 4) is 5.75 Å². The zero-order valence-electron chi connectivity index (χ0n) is 16.5. The highest BCUT2D eigenvalue weighted by Crippen LogP contribution is 2.18. The quantitative estimate of drug-likeness (QED) is 0.311. The zero-order valence-corrected chi connectivity index (χ0v) is 19.7. The molecule has 0 saturated carbocycles. The lowest BCUT2D eigenvalue weighted by atomic mass is 10.2. The van der Waals surface area contributed by atoms with Gasteiger partial charge < -0.3 is 15.0 Å². The lowest BCUT2D eigenvalue weighted by Crippen LogP contribution is -2.38. The number of nitrogens with one attached hydrogen (secondary N) is 1. The lowest BCUT2D eigenvalue weighted by Gasteiger charge is -2.22. The molecule has 0 atom stereocenters. The molecule has 0 radical (unpaired) electrons. The van der Waals surface area contributed by atoms with Gasteiger partial charge >= 0.3 is 6.61 Å². The van der Waals surface area contributed by atoms with E-state index in [4.69, 9.17) is 4.99 Å². The number of hydrogen-bond acceptors (Lipinski definition) is 4. The molecule has 1 aromatic carbocycles. The van der Waals surface area contributed by atoms with Crippen molar-refractivity contribution in [1.29, 1.82) is 0 Å². The van der Waals surface area contributed by atoms with Crippen molar-refractivity contribution in [2.75, 3.05) is 20.1 Å². The highest BCUT2D eigenvalue weighted by Gasteiger charge is 2.09. The number of nitrogens with zero attached hydrogens (tertiary/aromatic N) is 3. The fraction of sp³-hybridized carbons (Fsp3) is 0.474. The van der Waals surface area contributed by atoms with E-state index in [1.807, 2.05) is 32.7 Å². The second kappa shape index (κ2) is 12.2. The Morgan fingerprint density at radius 3 is 2.50 bits per heavy atom. The Bertz CT molecular complexity index is 753. The number of ether oxygens (including phenoxy) is 1. The van der Waals surface area contributed by atoms with E-state index in [0.29, 0.717) is 13.1 Å². The summed E-state index contributed by atoms with van der Waals surface area (Å²) in [6.07, 6.45) is 0.861. The third kappa shape index (κ3) is 7.86. The number of guanidine groups is 1. The molecule has 0 saturated heterocycles. The number of halogens is 3. The predicted molar refractivity (Wildman–Crippen MR) is 121 cm³/mol. The Hall–Kier alpha value is -1.49. The Balaban J connectivity index is 0.00000392. The number of alkyl halides is 2. The molecule has 2 aromatic rings. The summed E-state index contributed by atoms with van der Waals surface area (Å²) < 4.78 is 28.8. The van der Waals surface area contributed by atoms with Crippen LogP contribution in [0.2, 0.25) is 0 Å². The van der Waals surface area contributed by atoms with Crippen molar-refractivity contribution in [3.63, 3.8) is 0 Å². The fourth-order valence-electron chi connectivity index (χ4n) is 2.66. The number of aliphatic imine (C=N–C) groups is 1. The van der Waals surface area contributed by atoms with Gasteiger partial charge in [0, 0.05) is 38.0 Å². The normalized spacial score (nSPS) is 11.3. The standard InChI is InChI=1S/C19H26F2N4OS.HI/c1-5-22-19(23-11-10-17-13(2)24-14(3)27-17)25(4)12-15-6-8-16(9-7-15)26-18(20)21;/h6-9,18H,5,10-12H2,1-4H3,(H,22,23);1H. The molecule has 0 aliphatic heterocycles. The van der Waals surface area contributed by atoms with Crippen LogP contribution in [0, 0.1) is 13.8 Å². The molecular formula is C19H27F2IN4OS. The van der Waals surface area contributed by atoms with Crippen molar-refractivity contribution in [2.45, 2.75) is 40.3 Å². The number of benzene rings is 1. The monoisotopic (exact) mass is 524 g/mol. The van der Waals surface area contributed by atoms with Gasteiger partial charge in [-0.25, -0.2) is 4.98 Å². The number of rotatable bonds is 8. The third-order valence-electron chi connectivity index (χ3n) is 3.86. The predicted octanol–water partition coefficient (Wildman–Crippen LogP) is 4.62. The molecule has 9 heteroatoms. The maximum absolute atomic E-state index is 12.2. The topological polar surface area (TPSA) is 49.8 Å². The van der Waals surface area contributed by atoms with Gasteiger partial charge in [-0.05, 0) is 38.5 Å². The Morgan fingerprint density at radius 2 is 1.96 bits per heavy atom. The number of thiazole rings is 1. The molecule has 0 aliphatic rings. The second-order valence-electron chi connectivity index (χ2n) is 6.11. The first kappa shape index (κ1) is 24.5. The molecule has 1 aromatic heterocycles. The van der Waals surface area contributed by atoms with Crippen LogP contribution in [-0.2, 0) is 13.0 Å². The van der Waals surface area contributed by atoms with Gasteiger partial charge in [0.15, 0.2) is 5.96 Å². The van der Waals surface area contributed by atoms with Gasteiger partial charge in [-0.2, -0.15) is 8.78 Å². The van der Waals surface area contributed by atoms with E-state index in [1.54, 1.807) is 35.6 Å². The first-order valence-corrected chi connectivity index (χ1v) is 9.66. The van der Waals surface area contributed by atoms with Crippen molar-refractivity contribution in [2.24, 2.45) is 4.99 Å². The second-order valence-corrected chi connectivity index (χ2v) is 7.39. The minimum absolute atomic E-state index is 0. The number of aryl methyl sites for hydroxylation is 2. The zero-order chi connectivity index (χ0) is 19.8. The summed E-state index contributed by atoms with van der Waals surface area (Å²) >= 11 is 1.72. The van der Waals surface area contributed by atoms with E-state index in [0.717, 1.165) is 35.2 Å². The van der Waals surface area contributed by atoms with E-state index in [1.165, 1.54) is 4.88 Å². The van der Waals surface area contributed by atoms with Gasteiger partial charge in [-0.1, -0.05) is 12.1 Å². The molecule has 0 spiro atoms. The molecule has 2 rings (SSSR count). The average Bonchev–Trinajstić information content (AvgIpc) is 2.93. The molecule has 5 nitrogen and oxygen atoms in total. The van der Waals surface area contributed by atoms with Crippen molar-refractivity contribution >= 4 is 41.3 Å². The Labute approximate surface area is 186 Å². The molecule has 0 aliphatic carbocycles. The molecule has 0 fully saturated rings. The number of aromatic nitrogens is 1. The molecule has 156 valence electrons. The smallest absolute Gasteiger partial charge is 0.387 e. The van der Waals surface area contributed by atoms with Gasteiger partial charge in [0.25, 0.3) is 0 Å². The summed E-state index contributed by atoms with van der Waals surface area (Å²) in [6, 6.07) is 6.66. The fourth-order valence-corrected chi connectivity index (χ4v) is 3.59. The summed E-state index contributed by atoms with van der Waals surface area (Å²) in [4.78, 5) is 12.4. The summed E-state index contributed by atoms with van der Waals surface area (Å²) in [7, 11) is 1.95. The summed E-state index contributed by atoms with van der Waals surface area (Å²) in [5.74, 6) is 0.969.